The number of hydrogen-bond donors (Lipinski definition) is 0. The van der Waals surface area contributed by atoms with Gasteiger partial charge in [-0.2, -0.15) is 0 Å². The van der Waals surface area contributed by atoms with E-state index in [1.807, 2.05) is 0 Å². The molecule has 0 radical (unpaired) electrons. The van der Waals surface area contributed by atoms with Crippen molar-refractivity contribution < 1.29 is 14.3 Å². The second kappa shape index (κ2) is 4.54. The highest BCUT2D eigenvalue weighted by Crippen LogP contribution is 1.98. The van der Waals surface area contributed by atoms with Gasteiger partial charge in [-0.1, -0.05) is 0 Å². The first-order valence-electron chi connectivity index (χ1n) is 3.51. The lowest BCUT2D eigenvalue weighted by Gasteiger charge is -2.10. The van der Waals surface area contributed by atoms with Gasteiger partial charge in [0.25, 0.3) is 0 Å². The Morgan fingerprint density at radius 2 is 1.75 bits per heavy atom. The van der Waals surface area contributed by atoms with Gasteiger partial charge in [0.1, 0.15) is 5.76 Å². The Hall–Kier alpha value is -1.32. The average molecular weight is 171 g/mol. The number of rotatable bonds is 2. The van der Waals surface area contributed by atoms with Gasteiger partial charge >= 0.3 is 6.09 Å². The summed E-state index contributed by atoms with van der Waals surface area (Å²) in [4.78, 5) is 22.7. The predicted molar refractivity (Wildman–Crippen MR) is 44.6 cm³/mol. The second-order valence-corrected chi connectivity index (χ2v) is 2.63. The van der Waals surface area contributed by atoms with Crippen LogP contribution < -0.4 is 0 Å². The molecule has 0 spiro atoms. The van der Waals surface area contributed by atoms with Crippen molar-refractivity contribution in [1.82, 2.24) is 4.90 Å². The number of nitrogens with zero attached hydrogens (tertiary/aromatic N) is 1. The fourth-order valence-corrected chi connectivity index (χ4v) is 0.545. The lowest BCUT2D eigenvalue weighted by molar-refractivity contribution is -0.112. The molecular formula is C8H13NO3. The van der Waals surface area contributed by atoms with Crippen molar-refractivity contribution in [3.63, 3.8) is 0 Å². The number of carbonyl (C=O) groups is 2. The SMILES string of the molecule is CC(=O)/C=C(/C)OC(=O)N(C)C. The highest BCUT2D eigenvalue weighted by Gasteiger charge is 2.05. The van der Waals surface area contributed by atoms with Gasteiger partial charge in [0, 0.05) is 20.2 Å². The first-order chi connectivity index (χ1) is 5.43. The van der Waals surface area contributed by atoms with E-state index in [2.05, 4.69) is 0 Å². The van der Waals surface area contributed by atoms with Crippen LogP contribution in [-0.2, 0) is 9.53 Å². The third kappa shape index (κ3) is 4.49. The number of ketones is 1. The molecule has 0 unspecified atom stereocenters. The number of allylic oxidation sites excluding steroid dienone is 2. The summed E-state index contributed by atoms with van der Waals surface area (Å²) in [6.45, 7) is 2.95. The molecule has 0 heterocycles. The Kier molecular flexibility index (Phi) is 4.04. The molecule has 12 heavy (non-hydrogen) atoms. The van der Waals surface area contributed by atoms with E-state index in [4.69, 9.17) is 4.74 Å². The van der Waals surface area contributed by atoms with Crippen LogP contribution >= 0.6 is 0 Å². The van der Waals surface area contributed by atoms with Gasteiger partial charge in [-0.05, 0) is 13.8 Å². The lowest BCUT2D eigenvalue weighted by atomic mass is 10.4. The van der Waals surface area contributed by atoms with Crippen molar-refractivity contribution in [1.29, 1.82) is 0 Å². The molecule has 0 aliphatic heterocycles. The summed E-state index contributed by atoms with van der Waals surface area (Å²) in [7, 11) is 3.15. The van der Waals surface area contributed by atoms with E-state index in [1.54, 1.807) is 21.0 Å². The third-order valence-corrected chi connectivity index (χ3v) is 1.02. The molecule has 1 amide bonds. The topological polar surface area (TPSA) is 46.6 Å². The van der Waals surface area contributed by atoms with E-state index in [9.17, 15) is 9.59 Å². The van der Waals surface area contributed by atoms with Gasteiger partial charge in [0.15, 0.2) is 5.78 Å². The zero-order chi connectivity index (χ0) is 9.72. The molecule has 68 valence electrons. The van der Waals surface area contributed by atoms with Crippen LogP contribution in [0.2, 0.25) is 0 Å². The summed E-state index contributed by atoms with van der Waals surface area (Å²) >= 11 is 0. The predicted octanol–water partition coefficient (Wildman–Crippen LogP) is 1.18. The number of carbonyl (C=O) groups excluding carboxylic acids is 2. The average Bonchev–Trinajstić information content (AvgIpc) is 1.84. The van der Waals surface area contributed by atoms with Gasteiger partial charge in [0.05, 0.1) is 0 Å². The summed E-state index contributed by atoms with van der Waals surface area (Å²) in [5.74, 6) is 0.167. The Bertz CT molecular complexity index is 218. The smallest absolute Gasteiger partial charge is 0.414 e. The molecule has 0 atom stereocenters. The largest absolute Gasteiger partial charge is 0.415 e. The zero-order valence-corrected chi connectivity index (χ0v) is 7.75. The van der Waals surface area contributed by atoms with Crippen LogP contribution in [0.1, 0.15) is 13.8 Å². The van der Waals surface area contributed by atoms with Crippen LogP contribution in [0.5, 0.6) is 0 Å². The lowest BCUT2D eigenvalue weighted by Crippen LogP contribution is -2.22. The molecule has 0 N–H and O–H groups in total. The summed E-state index contributed by atoms with van der Waals surface area (Å²) in [5, 5.41) is 0. The third-order valence-electron chi connectivity index (χ3n) is 1.02. The van der Waals surface area contributed by atoms with E-state index in [-0.39, 0.29) is 5.78 Å². The quantitative estimate of drug-likeness (QED) is 0.463. The van der Waals surface area contributed by atoms with Crippen LogP contribution in [0.3, 0.4) is 0 Å². The standard InChI is InChI=1S/C8H13NO3/c1-6(10)5-7(2)12-8(11)9(3)4/h5H,1-4H3/b7-5-. The van der Waals surface area contributed by atoms with Crippen LogP contribution in [0.4, 0.5) is 4.79 Å². The van der Waals surface area contributed by atoms with Crippen LogP contribution in [0, 0.1) is 0 Å². The molecule has 0 saturated heterocycles. The second-order valence-electron chi connectivity index (χ2n) is 2.63. The van der Waals surface area contributed by atoms with Gasteiger partial charge in [-0.25, -0.2) is 4.79 Å². The molecule has 0 aliphatic rings. The molecule has 0 aromatic rings. The Labute approximate surface area is 71.8 Å². The van der Waals surface area contributed by atoms with Gasteiger partial charge in [0.2, 0.25) is 0 Å². The van der Waals surface area contributed by atoms with Gasteiger partial charge in [-0.15, -0.1) is 0 Å². The Morgan fingerprint density at radius 1 is 1.25 bits per heavy atom. The number of amides is 1. The summed E-state index contributed by atoms with van der Waals surface area (Å²) in [6.07, 6.45) is 0.784. The summed E-state index contributed by atoms with van der Waals surface area (Å²) in [6, 6.07) is 0. The van der Waals surface area contributed by atoms with E-state index in [1.165, 1.54) is 17.9 Å². The van der Waals surface area contributed by atoms with Crippen molar-refractivity contribution in [3.05, 3.63) is 11.8 Å². The van der Waals surface area contributed by atoms with E-state index < -0.39 is 6.09 Å². The summed E-state index contributed by atoms with van der Waals surface area (Å²) in [5.41, 5.74) is 0. The highest BCUT2D eigenvalue weighted by molar-refractivity contribution is 5.88. The van der Waals surface area contributed by atoms with E-state index in [0.717, 1.165) is 0 Å². The molecule has 0 aliphatic carbocycles. The molecule has 4 heteroatoms. The molecule has 0 saturated carbocycles. The van der Waals surface area contributed by atoms with Crippen LogP contribution in [0.15, 0.2) is 11.8 Å². The minimum Gasteiger partial charge on any atom is -0.415 e. The van der Waals surface area contributed by atoms with Crippen molar-refractivity contribution in [3.8, 4) is 0 Å². The molecule has 0 rings (SSSR count). The van der Waals surface area contributed by atoms with Crippen molar-refractivity contribution in [2.24, 2.45) is 0 Å². The Balaban J connectivity index is 4.09. The summed E-state index contributed by atoms with van der Waals surface area (Å²) < 4.78 is 4.75. The maximum absolute atomic E-state index is 10.9. The molecule has 4 nitrogen and oxygen atoms in total. The Morgan fingerprint density at radius 3 is 2.08 bits per heavy atom. The fourth-order valence-electron chi connectivity index (χ4n) is 0.545. The number of ether oxygens (including phenoxy) is 1. The van der Waals surface area contributed by atoms with Gasteiger partial charge < -0.3 is 9.64 Å². The zero-order valence-electron chi connectivity index (χ0n) is 7.75. The van der Waals surface area contributed by atoms with Crippen molar-refractivity contribution in [2.75, 3.05) is 14.1 Å². The molecule has 0 aromatic carbocycles. The first kappa shape index (κ1) is 10.7. The highest BCUT2D eigenvalue weighted by atomic mass is 16.6. The van der Waals surface area contributed by atoms with Crippen molar-refractivity contribution in [2.45, 2.75) is 13.8 Å². The first-order valence-corrected chi connectivity index (χ1v) is 3.51. The molecule has 0 fully saturated rings. The van der Waals surface area contributed by atoms with E-state index in [0.29, 0.717) is 5.76 Å². The molecule has 0 bridgehead atoms. The molecule has 0 aromatic heterocycles. The minimum absolute atomic E-state index is 0.140. The molecular weight excluding hydrogens is 158 g/mol. The maximum atomic E-state index is 10.9. The minimum atomic E-state index is -0.481. The monoisotopic (exact) mass is 171 g/mol. The fraction of sp³-hybridized carbons (Fsp3) is 0.500. The van der Waals surface area contributed by atoms with E-state index >= 15 is 0 Å². The normalized spacial score (nSPS) is 10.8. The van der Waals surface area contributed by atoms with Crippen LogP contribution in [0.25, 0.3) is 0 Å². The van der Waals surface area contributed by atoms with Gasteiger partial charge in [-0.3, -0.25) is 4.79 Å². The van der Waals surface area contributed by atoms with Crippen molar-refractivity contribution >= 4 is 11.9 Å². The maximum Gasteiger partial charge on any atom is 0.414 e. The number of hydrogen-bond acceptors (Lipinski definition) is 3. The van der Waals surface area contributed by atoms with Crippen LogP contribution in [-0.4, -0.2) is 30.9 Å².